The van der Waals surface area contributed by atoms with E-state index in [9.17, 15) is 23.5 Å². The van der Waals surface area contributed by atoms with Crippen molar-refractivity contribution < 1.29 is 28.5 Å². The quantitative estimate of drug-likeness (QED) is 0.532. The number of hydrogen-bond acceptors (Lipinski definition) is 7. The van der Waals surface area contributed by atoms with Crippen LogP contribution in [0.1, 0.15) is 19.1 Å². The van der Waals surface area contributed by atoms with Crippen molar-refractivity contribution in [2.75, 3.05) is 18.5 Å². The number of hydrogen-bond donors (Lipinski definition) is 4. The molecule has 11 heteroatoms. The second-order valence-corrected chi connectivity index (χ2v) is 5.97. The molecule has 1 aromatic rings. The Bertz CT molecular complexity index is 707. The van der Waals surface area contributed by atoms with Gasteiger partial charge in [-0.3, -0.25) is 9.36 Å². The minimum Gasteiger partial charge on any atom is -0.394 e. The maximum Gasteiger partial charge on any atom is 0.351 e. The molecule has 1 aromatic heterocycles. The van der Waals surface area contributed by atoms with Gasteiger partial charge in [0.1, 0.15) is 11.9 Å². The fourth-order valence-electron chi connectivity index (χ4n) is 2.90. The molecule has 3 rings (SSSR count). The molecule has 1 amide bonds. The molecule has 138 valence electrons. The van der Waals surface area contributed by atoms with Crippen LogP contribution in [0.5, 0.6) is 0 Å². The summed E-state index contributed by atoms with van der Waals surface area (Å²) in [5, 5.41) is 23.9. The number of amides is 1. The van der Waals surface area contributed by atoms with Crippen LogP contribution in [0.2, 0.25) is 0 Å². The average molecular weight is 360 g/mol. The van der Waals surface area contributed by atoms with Crippen molar-refractivity contribution in [1.29, 1.82) is 0 Å². The summed E-state index contributed by atoms with van der Waals surface area (Å²) in [6.45, 7) is -0.104. The lowest BCUT2D eigenvalue weighted by molar-refractivity contribution is -0.141. The van der Waals surface area contributed by atoms with Crippen molar-refractivity contribution in [2.24, 2.45) is 0 Å². The van der Waals surface area contributed by atoms with Crippen LogP contribution in [0.4, 0.5) is 14.6 Å². The maximum absolute atomic E-state index is 14.1. The fraction of sp³-hybridized carbons (Fsp3) is 0.643. The summed E-state index contributed by atoms with van der Waals surface area (Å²) >= 11 is 0. The number of alkyl halides is 2. The minimum absolute atomic E-state index is 0.0690. The second kappa shape index (κ2) is 6.75. The van der Waals surface area contributed by atoms with Gasteiger partial charge in [-0.15, -0.1) is 0 Å². The van der Waals surface area contributed by atoms with Crippen LogP contribution in [0, 0.1) is 0 Å². The highest BCUT2D eigenvalue weighted by atomic mass is 19.3. The molecular weight excluding hydrogens is 342 g/mol. The molecule has 2 aliphatic heterocycles. The Morgan fingerprint density at radius 3 is 2.88 bits per heavy atom. The van der Waals surface area contributed by atoms with E-state index >= 15 is 0 Å². The number of ether oxygens (including phenoxy) is 1. The van der Waals surface area contributed by atoms with Crippen molar-refractivity contribution >= 4 is 11.7 Å². The van der Waals surface area contributed by atoms with E-state index in [4.69, 9.17) is 9.84 Å². The van der Waals surface area contributed by atoms with Gasteiger partial charge in [0, 0.05) is 6.20 Å². The molecular formula is C14H18F2N4O5. The van der Waals surface area contributed by atoms with Crippen LogP contribution < -0.4 is 16.3 Å². The molecule has 0 aromatic carbocycles. The first-order valence-electron chi connectivity index (χ1n) is 7.80. The van der Waals surface area contributed by atoms with E-state index in [1.54, 1.807) is 0 Å². The molecule has 9 nitrogen and oxygen atoms in total. The Morgan fingerprint density at radius 2 is 2.32 bits per heavy atom. The van der Waals surface area contributed by atoms with Crippen molar-refractivity contribution in [2.45, 2.75) is 43.2 Å². The molecule has 0 spiro atoms. The first-order valence-corrected chi connectivity index (χ1v) is 7.80. The number of carbonyl (C=O) groups is 1. The van der Waals surface area contributed by atoms with Gasteiger partial charge in [0.05, 0.1) is 12.6 Å². The van der Waals surface area contributed by atoms with Crippen LogP contribution in [-0.2, 0) is 9.53 Å². The van der Waals surface area contributed by atoms with Crippen LogP contribution in [0.3, 0.4) is 0 Å². The van der Waals surface area contributed by atoms with Crippen LogP contribution in [0.15, 0.2) is 17.1 Å². The zero-order valence-electron chi connectivity index (χ0n) is 13.1. The Labute approximate surface area is 140 Å². The zero-order valence-corrected chi connectivity index (χ0v) is 13.1. The van der Waals surface area contributed by atoms with Gasteiger partial charge in [-0.1, -0.05) is 0 Å². The van der Waals surface area contributed by atoms with Gasteiger partial charge in [0.15, 0.2) is 6.10 Å². The number of carbonyl (C=O) groups excluding carboxylic acids is 1. The monoisotopic (exact) mass is 360 g/mol. The van der Waals surface area contributed by atoms with E-state index in [-0.39, 0.29) is 17.8 Å². The molecule has 2 fully saturated rings. The second-order valence-electron chi connectivity index (χ2n) is 5.97. The molecule has 4 N–H and O–H groups in total. The van der Waals surface area contributed by atoms with Gasteiger partial charge in [-0.2, -0.15) is 13.8 Å². The van der Waals surface area contributed by atoms with Crippen molar-refractivity contribution in [3.05, 3.63) is 22.7 Å². The average Bonchev–Trinajstić information content (AvgIpc) is 3.17. The molecule has 2 saturated heterocycles. The number of halogens is 2. The first kappa shape index (κ1) is 17.9. The highest BCUT2D eigenvalue weighted by molar-refractivity contribution is 5.94. The third kappa shape index (κ3) is 3.27. The first-order chi connectivity index (χ1) is 11.8. The summed E-state index contributed by atoms with van der Waals surface area (Å²) in [6, 6.07) is 0.805. The van der Waals surface area contributed by atoms with E-state index in [1.165, 1.54) is 6.07 Å². The van der Waals surface area contributed by atoms with Crippen LogP contribution in [0.25, 0.3) is 0 Å². The van der Waals surface area contributed by atoms with Gasteiger partial charge >= 0.3 is 11.6 Å². The van der Waals surface area contributed by atoms with Crippen molar-refractivity contribution in [3.63, 3.8) is 0 Å². The Kier molecular flexibility index (Phi) is 4.82. The zero-order chi connectivity index (χ0) is 18.2. The number of aliphatic hydroxyl groups is 2. The summed E-state index contributed by atoms with van der Waals surface area (Å²) < 4.78 is 33.5. The van der Waals surface area contributed by atoms with Crippen molar-refractivity contribution in [1.82, 2.24) is 14.9 Å². The molecule has 0 radical (unpaired) electrons. The Hall–Kier alpha value is -1.95. The standard InChI is InChI=1S/C14H18F2N4O5/c15-14(16)10(22)8(6-21)25-12(14)20-5-3-9(19-13(20)24)18-11(23)7-2-1-4-17-7/h3,5,7-8,10,12,17,21-22H,1-2,4,6H2,(H,18,19,23,24). The number of rotatable bonds is 4. The lowest BCUT2D eigenvalue weighted by Gasteiger charge is -2.21. The lowest BCUT2D eigenvalue weighted by atomic mass is 10.1. The summed E-state index contributed by atoms with van der Waals surface area (Å²) in [4.78, 5) is 27.6. The number of nitrogens with zero attached hydrogens (tertiary/aromatic N) is 2. The number of anilines is 1. The maximum atomic E-state index is 14.1. The molecule has 4 atom stereocenters. The van der Waals surface area contributed by atoms with Gasteiger partial charge in [0.25, 0.3) is 0 Å². The van der Waals surface area contributed by atoms with Gasteiger partial charge in [-0.05, 0) is 25.5 Å². The topological polar surface area (TPSA) is 126 Å². The van der Waals surface area contributed by atoms with E-state index < -0.39 is 36.7 Å². The SMILES string of the molecule is O=C(Nc1ccn(C2OC(CO)C(O)C2(F)F)c(=O)n1)C1CCCN1. The van der Waals surface area contributed by atoms with E-state index in [0.717, 1.165) is 19.2 Å². The number of aliphatic hydroxyl groups excluding tert-OH is 2. The largest absolute Gasteiger partial charge is 0.394 e. The van der Waals surface area contributed by atoms with E-state index in [1.807, 2.05) is 0 Å². The summed E-state index contributed by atoms with van der Waals surface area (Å²) in [7, 11) is 0. The molecule has 0 bridgehead atoms. The van der Waals surface area contributed by atoms with Gasteiger partial charge in [0.2, 0.25) is 12.1 Å². The predicted octanol–water partition coefficient (Wildman–Crippen LogP) is -1.18. The minimum atomic E-state index is -3.78. The normalized spacial score (nSPS) is 31.2. The fourth-order valence-corrected chi connectivity index (χ4v) is 2.90. The Morgan fingerprint density at radius 1 is 1.56 bits per heavy atom. The highest BCUT2D eigenvalue weighted by Gasteiger charge is 2.59. The van der Waals surface area contributed by atoms with Crippen LogP contribution in [-0.4, -0.2) is 63.0 Å². The summed E-state index contributed by atoms with van der Waals surface area (Å²) in [5.74, 6) is -4.21. The van der Waals surface area contributed by atoms with E-state index in [0.29, 0.717) is 11.0 Å². The molecule has 0 saturated carbocycles. The predicted molar refractivity (Wildman–Crippen MR) is 80.1 cm³/mol. The lowest BCUT2D eigenvalue weighted by Crippen LogP contribution is -2.42. The smallest absolute Gasteiger partial charge is 0.351 e. The molecule has 2 aliphatic rings. The summed E-state index contributed by atoms with van der Waals surface area (Å²) in [6.07, 6.45) is -3.35. The molecule has 25 heavy (non-hydrogen) atoms. The van der Waals surface area contributed by atoms with Gasteiger partial charge < -0.3 is 25.6 Å². The third-order valence-corrected chi connectivity index (χ3v) is 4.27. The van der Waals surface area contributed by atoms with E-state index in [2.05, 4.69) is 15.6 Å². The van der Waals surface area contributed by atoms with Crippen LogP contribution >= 0.6 is 0 Å². The summed E-state index contributed by atoms with van der Waals surface area (Å²) in [5.41, 5.74) is -1.08. The highest BCUT2D eigenvalue weighted by Crippen LogP contribution is 2.41. The molecule has 4 unspecified atom stereocenters. The number of nitrogens with one attached hydrogen (secondary N) is 2. The third-order valence-electron chi connectivity index (χ3n) is 4.27. The Balaban J connectivity index is 1.78. The molecule has 3 heterocycles. The van der Waals surface area contributed by atoms with Crippen molar-refractivity contribution in [3.8, 4) is 0 Å². The number of aromatic nitrogens is 2. The molecule has 0 aliphatic carbocycles. The van der Waals surface area contributed by atoms with Gasteiger partial charge in [-0.25, -0.2) is 4.79 Å².